The maximum atomic E-state index is 11.6. The second kappa shape index (κ2) is 6.08. The van der Waals surface area contributed by atoms with E-state index in [4.69, 9.17) is 10.5 Å². The molecule has 88 valence electrons. The van der Waals surface area contributed by atoms with E-state index in [-0.39, 0.29) is 11.9 Å². The van der Waals surface area contributed by atoms with Crippen LogP contribution in [0, 0.1) is 5.92 Å². The predicted molar refractivity (Wildman–Crippen MR) is 59.4 cm³/mol. The van der Waals surface area contributed by atoms with E-state index in [9.17, 15) is 4.79 Å². The van der Waals surface area contributed by atoms with E-state index >= 15 is 0 Å². The van der Waals surface area contributed by atoms with Gasteiger partial charge in [0.2, 0.25) is 5.91 Å². The number of nitrogens with zero attached hydrogens (tertiary/aromatic N) is 1. The van der Waals surface area contributed by atoms with Crippen molar-refractivity contribution in [1.82, 2.24) is 4.90 Å². The molecule has 0 radical (unpaired) electrons. The number of ether oxygens (including phenoxy) is 1. The summed E-state index contributed by atoms with van der Waals surface area (Å²) < 4.78 is 5.37. The first-order valence-electron chi connectivity index (χ1n) is 5.70. The first-order chi connectivity index (χ1) is 7.09. The van der Waals surface area contributed by atoms with E-state index in [1.165, 1.54) is 0 Å². The minimum Gasteiger partial charge on any atom is -0.381 e. The van der Waals surface area contributed by atoms with Crippen molar-refractivity contribution in [2.45, 2.75) is 32.7 Å². The van der Waals surface area contributed by atoms with Gasteiger partial charge in [0.15, 0.2) is 0 Å². The summed E-state index contributed by atoms with van der Waals surface area (Å²) in [4.78, 5) is 13.5. The van der Waals surface area contributed by atoms with Gasteiger partial charge in [-0.25, -0.2) is 0 Å². The van der Waals surface area contributed by atoms with Gasteiger partial charge in [0.1, 0.15) is 0 Å². The summed E-state index contributed by atoms with van der Waals surface area (Å²) in [5.74, 6) is 0.701. The van der Waals surface area contributed by atoms with E-state index in [0.717, 1.165) is 19.6 Å². The van der Waals surface area contributed by atoms with E-state index in [2.05, 4.69) is 13.8 Å². The second-order valence-electron chi connectivity index (χ2n) is 4.61. The number of rotatable bonds is 5. The Bertz CT molecular complexity index is 207. The van der Waals surface area contributed by atoms with Crippen LogP contribution in [0.1, 0.15) is 26.7 Å². The van der Waals surface area contributed by atoms with E-state index in [1.807, 2.05) is 4.90 Å². The lowest BCUT2D eigenvalue weighted by molar-refractivity contribution is -0.131. The SMILES string of the molecule is CC(C)COCCC(=O)N1CC[C@@H](N)C1. The van der Waals surface area contributed by atoms with Gasteiger partial charge in [-0.15, -0.1) is 0 Å². The maximum Gasteiger partial charge on any atom is 0.224 e. The highest BCUT2D eigenvalue weighted by Gasteiger charge is 2.22. The lowest BCUT2D eigenvalue weighted by atomic mass is 10.2. The molecular weight excluding hydrogens is 192 g/mol. The fourth-order valence-corrected chi connectivity index (χ4v) is 1.65. The highest BCUT2D eigenvalue weighted by Crippen LogP contribution is 2.08. The summed E-state index contributed by atoms with van der Waals surface area (Å²) in [5, 5.41) is 0. The van der Waals surface area contributed by atoms with Crippen LogP contribution in [0.4, 0.5) is 0 Å². The highest BCUT2D eigenvalue weighted by molar-refractivity contribution is 5.76. The lowest BCUT2D eigenvalue weighted by Gasteiger charge is -2.15. The largest absolute Gasteiger partial charge is 0.381 e. The summed E-state index contributed by atoms with van der Waals surface area (Å²) in [7, 11) is 0. The zero-order chi connectivity index (χ0) is 11.3. The number of carbonyl (C=O) groups excluding carboxylic acids is 1. The molecule has 0 aliphatic carbocycles. The predicted octanol–water partition coefficient (Wildman–Crippen LogP) is 0.609. The Morgan fingerprint density at radius 3 is 2.87 bits per heavy atom. The monoisotopic (exact) mass is 214 g/mol. The summed E-state index contributed by atoms with van der Waals surface area (Å²) in [6.07, 6.45) is 1.41. The van der Waals surface area contributed by atoms with Crippen LogP contribution in [0.15, 0.2) is 0 Å². The van der Waals surface area contributed by atoms with Crippen LogP contribution in [0.3, 0.4) is 0 Å². The third kappa shape index (κ3) is 4.62. The second-order valence-corrected chi connectivity index (χ2v) is 4.61. The van der Waals surface area contributed by atoms with Crippen molar-refractivity contribution in [2.24, 2.45) is 11.7 Å². The molecule has 4 heteroatoms. The topological polar surface area (TPSA) is 55.6 Å². The third-order valence-electron chi connectivity index (χ3n) is 2.49. The molecule has 0 bridgehead atoms. The fraction of sp³-hybridized carbons (Fsp3) is 0.909. The number of hydrogen-bond donors (Lipinski definition) is 1. The van der Waals surface area contributed by atoms with Gasteiger partial charge in [-0.1, -0.05) is 13.8 Å². The zero-order valence-electron chi connectivity index (χ0n) is 9.74. The van der Waals surface area contributed by atoms with Gasteiger partial charge in [-0.05, 0) is 12.3 Å². The Balaban J connectivity index is 2.08. The van der Waals surface area contributed by atoms with Gasteiger partial charge in [0.25, 0.3) is 0 Å². The Morgan fingerprint density at radius 1 is 1.60 bits per heavy atom. The van der Waals surface area contributed by atoms with E-state index in [0.29, 0.717) is 25.5 Å². The molecule has 4 nitrogen and oxygen atoms in total. The molecule has 1 aliphatic rings. The van der Waals surface area contributed by atoms with Crippen LogP contribution in [-0.4, -0.2) is 43.2 Å². The normalized spacial score (nSPS) is 21.3. The van der Waals surface area contributed by atoms with E-state index < -0.39 is 0 Å². The summed E-state index contributed by atoms with van der Waals surface area (Å²) >= 11 is 0. The molecule has 0 aromatic carbocycles. The number of carbonyl (C=O) groups is 1. The lowest BCUT2D eigenvalue weighted by Crippen LogP contribution is -2.32. The van der Waals surface area contributed by atoms with Crippen molar-refractivity contribution in [1.29, 1.82) is 0 Å². The molecule has 1 rings (SSSR count). The molecule has 1 saturated heterocycles. The van der Waals surface area contributed by atoms with Crippen LogP contribution < -0.4 is 5.73 Å². The molecule has 1 amide bonds. The third-order valence-corrected chi connectivity index (χ3v) is 2.49. The molecule has 1 aliphatic heterocycles. The quantitative estimate of drug-likeness (QED) is 0.682. The molecule has 0 saturated carbocycles. The molecule has 1 heterocycles. The van der Waals surface area contributed by atoms with Crippen LogP contribution in [0.25, 0.3) is 0 Å². The minimum atomic E-state index is 0.172. The molecule has 0 spiro atoms. The highest BCUT2D eigenvalue weighted by atomic mass is 16.5. The Hall–Kier alpha value is -0.610. The molecule has 0 aromatic rings. The molecule has 1 atom stereocenters. The van der Waals surface area contributed by atoms with Crippen molar-refractivity contribution < 1.29 is 9.53 Å². The minimum absolute atomic E-state index is 0.172. The molecule has 0 aromatic heterocycles. The average molecular weight is 214 g/mol. The summed E-state index contributed by atoms with van der Waals surface area (Å²) in [6.45, 7) is 6.98. The molecule has 15 heavy (non-hydrogen) atoms. The molecule has 1 fully saturated rings. The van der Waals surface area contributed by atoms with Crippen molar-refractivity contribution in [2.75, 3.05) is 26.3 Å². The van der Waals surface area contributed by atoms with E-state index in [1.54, 1.807) is 0 Å². The van der Waals surface area contributed by atoms with Crippen LogP contribution in [0.5, 0.6) is 0 Å². The number of amides is 1. The van der Waals surface area contributed by atoms with Gasteiger partial charge in [0, 0.05) is 25.7 Å². The first kappa shape index (κ1) is 12.5. The van der Waals surface area contributed by atoms with Gasteiger partial charge in [0.05, 0.1) is 13.0 Å². The number of likely N-dealkylation sites (tertiary alicyclic amines) is 1. The summed E-state index contributed by atoms with van der Waals surface area (Å²) in [6, 6.07) is 0.172. The molecule has 0 unspecified atom stereocenters. The standard InChI is InChI=1S/C11H22N2O2/c1-9(2)8-15-6-4-11(14)13-5-3-10(12)7-13/h9-10H,3-8,12H2,1-2H3/t10-/m1/s1. The van der Waals surface area contributed by atoms with Crippen LogP contribution in [0.2, 0.25) is 0 Å². The van der Waals surface area contributed by atoms with Crippen molar-refractivity contribution in [3.05, 3.63) is 0 Å². The number of hydrogen-bond acceptors (Lipinski definition) is 3. The number of nitrogens with two attached hydrogens (primary N) is 1. The van der Waals surface area contributed by atoms with Gasteiger partial charge in [-0.2, -0.15) is 0 Å². The Kier molecular flexibility index (Phi) is 5.05. The average Bonchev–Trinajstić information content (AvgIpc) is 2.59. The smallest absolute Gasteiger partial charge is 0.224 e. The first-order valence-corrected chi connectivity index (χ1v) is 5.70. The molecule has 2 N–H and O–H groups in total. The van der Waals surface area contributed by atoms with Crippen molar-refractivity contribution in [3.63, 3.8) is 0 Å². The zero-order valence-corrected chi connectivity index (χ0v) is 9.74. The summed E-state index contributed by atoms with van der Waals surface area (Å²) in [5.41, 5.74) is 5.73. The molecular formula is C11H22N2O2. The van der Waals surface area contributed by atoms with Crippen molar-refractivity contribution in [3.8, 4) is 0 Å². The van der Waals surface area contributed by atoms with Gasteiger partial charge >= 0.3 is 0 Å². The maximum absolute atomic E-state index is 11.6. The van der Waals surface area contributed by atoms with Crippen LogP contribution in [-0.2, 0) is 9.53 Å². The Labute approximate surface area is 91.8 Å². The van der Waals surface area contributed by atoms with Crippen LogP contribution >= 0.6 is 0 Å². The van der Waals surface area contributed by atoms with Crippen molar-refractivity contribution >= 4 is 5.91 Å². The van der Waals surface area contributed by atoms with Gasteiger partial charge in [-0.3, -0.25) is 4.79 Å². The van der Waals surface area contributed by atoms with Gasteiger partial charge < -0.3 is 15.4 Å². The fourth-order valence-electron chi connectivity index (χ4n) is 1.65. The Morgan fingerprint density at radius 2 is 2.33 bits per heavy atom.